The number of amides is 1. The molecule has 0 fully saturated rings. The van der Waals surface area contributed by atoms with Gasteiger partial charge in [-0.3, -0.25) is 4.79 Å². The van der Waals surface area contributed by atoms with Crippen LogP contribution in [0.2, 0.25) is 0 Å². The van der Waals surface area contributed by atoms with Crippen molar-refractivity contribution in [3.8, 4) is 0 Å². The van der Waals surface area contributed by atoms with Crippen molar-refractivity contribution in [1.82, 2.24) is 9.97 Å². The van der Waals surface area contributed by atoms with E-state index in [1.807, 2.05) is 6.92 Å². The number of carbonyl (C=O) groups excluding carboxylic acids is 2. The highest BCUT2D eigenvalue weighted by Gasteiger charge is 2.12. The van der Waals surface area contributed by atoms with Gasteiger partial charge >= 0.3 is 5.97 Å². The largest absolute Gasteiger partial charge is 0.465 e. The Hall–Kier alpha value is -2.96. The van der Waals surface area contributed by atoms with Crippen molar-refractivity contribution in [2.24, 2.45) is 0 Å². The molecule has 126 valence electrons. The maximum absolute atomic E-state index is 12.3. The summed E-state index contributed by atoms with van der Waals surface area (Å²) in [4.78, 5) is 31.9. The second-order valence-corrected chi connectivity index (χ2v) is 5.27. The van der Waals surface area contributed by atoms with E-state index in [0.29, 0.717) is 17.1 Å². The summed E-state index contributed by atoms with van der Waals surface area (Å²) in [7, 11) is 1.31. The Morgan fingerprint density at radius 3 is 2.75 bits per heavy atom. The van der Waals surface area contributed by atoms with Gasteiger partial charge in [0, 0.05) is 17.8 Å². The molecule has 2 N–H and O–H groups in total. The van der Waals surface area contributed by atoms with Crippen LogP contribution in [-0.4, -0.2) is 35.0 Å². The fourth-order valence-corrected chi connectivity index (χ4v) is 1.95. The summed E-state index contributed by atoms with van der Waals surface area (Å²) in [6, 6.07) is 8.34. The van der Waals surface area contributed by atoms with E-state index in [0.717, 1.165) is 6.42 Å². The van der Waals surface area contributed by atoms with Crippen LogP contribution >= 0.6 is 0 Å². The lowest BCUT2D eigenvalue weighted by molar-refractivity contribution is 0.0600. The Morgan fingerprint density at radius 2 is 2.04 bits per heavy atom. The number of nitrogens with one attached hydrogen (secondary N) is 2. The molecule has 2 rings (SSSR count). The molecule has 0 saturated carbocycles. The van der Waals surface area contributed by atoms with Crippen molar-refractivity contribution in [2.75, 3.05) is 17.7 Å². The Kier molecular flexibility index (Phi) is 5.83. The molecule has 1 aromatic heterocycles. The van der Waals surface area contributed by atoms with Gasteiger partial charge in [0.1, 0.15) is 17.8 Å². The molecule has 1 aromatic carbocycles. The molecule has 0 aliphatic carbocycles. The molecular formula is C17H20N4O3. The lowest BCUT2D eigenvalue weighted by Gasteiger charge is -2.12. The summed E-state index contributed by atoms with van der Waals surface area (Å²) in [6.45, 7) is 4.08. The van der Waals surface area contributed by atoms with Gasteiger partial charge in [-0.05, 0) is 31.5 Å². The maximum Gasteiger partial charge on any atom is 0.337 e. The third kappa shape index (κ3) is 4.52. The van der Waals surface area contributed by atoms with Crippen LogP contribution in [0.3, 0.4) is 0 Å². The van der Waals surface area contributed by atoms with Gasteiger partial charge in [0.05, 0.1) is 12.7 Å². The van der Waals surface area contributed by atoms with Crippen LogP contribution in [0, 0.1) is 0 Å². The summed E-state index contributed by atoms with van der Waals surface area (Å²) < 4.78 is 4.66. The molecule has 0 radical (unpaired) electrons. The number of hydrogen-bond donors (Lipinski definition) is 2. The zero-order valence-corrected chi connectivity index (χ0v) is 13.9. The molecule has 2 aromatic rings. The fourth-order valence-electron chi connectivity index (χ4n) is 1.95. The van der Waals surface area contributed by atoms with E-state index in [4.69, 9.17) is 0 Å². The predicted molar refractivity (Wildman–Crippen MR) is 91.1 cm³/mol. The third-order valence-electron chi connectivity index (χ3n) is 3.45. The molecular weight excluding hydrogens is 308 g/mol. The van der Waals surface area contributed by atoms with Gasteiger partial charge in [-0.15, -0.1) is 0 Å². The first-order chi connectivity index (χ1) is 11.5. The van der Waals surface area contributed by atoms with Gasteiger partial charge in [-0.25, -0.2) is 14.8 Å². The van der Waals surface area contributed by atoms with Crippen LogP contribution in [-0.2, 0) is 4.74 Å². The van der Waals surface area contributed by atoms with Crippen molar-refractivity contribution in [1.29, 1.82) is 0 Å². The van der Waals surface area contributed by atoms with Crippen molar-refractivity contribution in [2.45, 2.75) is 26.3 Å². The van der Waals surface area contributed by atoms with Crippen LogP contribution in [0.15, 0.2) is 36.7 Å². The summed E-state index contributed by atoms with van der Waals surface area (Å²) in [6.07, 6.45) is 2.27. The fraction of sp³-hybridized carbons (Fsp3) is 0.294. The maximum atomic E-state index is 12.3. The SMILES string of the molecule is CCC(C)Nc1cc(C(=O)Nc2cccc(C(=O)OC)c2)ncn1. The highest BCUT2D eigenvalue weighted by molar-refractivity contribution is 6.03. The first kappa shape index (κ1) is 17.4. The number of ether oxygens (including phenoxy) is 1. The second kappa shape index (κ2) is 8.05. The number of aromatic nitrogens is 2. The standard InChI is InChI=1S/C17H20N4O3/c1-4-11(2)20-15-9-14(18-10-19-15)16(22)21-13-7-5-6-12(8-13)17(23)24-3/h5-11H,4H2,1-3H3,(H,21,22)(H,18,19,20). The summed E-state index contributed by atoms with van der Waals surface area (Å²) in [5.74, 6) is -0.257. The summed E-state index contributed by atoms with van der Waals surface area (Å²) in [5, 5.41) is 5.90. The molecule has 7 heteroatoms. The van der Waals surface area contributed by atoms with E-state index in [1.165, 1.54) is 13.4 Å². The number of carbonyl (C=O) groups is 2. The highest BCUT2D eigenvalue weighted by Crippen LogP contribution is 2.14. The molecule has 0 bridgehead atoms. The van der Waals surface area contributed by atoms with E-state index >= 15 is 0 Å². The number of benzene rings is 1. The normalized spacial score (nSPS) is 11.5. The monoisotopic (exact) mass is 328 g/mol. The van der Waals surface area contributed by atoms with Crippen molar-refractivity contribution >= 4 is 23.4 Å². The van der Waals surface area contributed by atoms with Crippen LogP contribution in [0.5, 0.6) is 0 Å². The number of esters is 1. The molecule has 0 saturated heterocycles. The van der Waals surface area contributed by atoms with E-state index in [2.05, 4.69) is 32.3 Å². The average Bonchev–Trinajstić information content (AvgIpc) is 2.61. The van der Waals surface area contributed by atoms with Crippen LogP contribution < -0.4 is 10.6 Å². The summed E-state index contributed by atoms with van der Waals surface area (Å²) >= 11 is 0. The Morgan fingerprint density at radius 1 is 1.25 bits per heavy atom. The minimum Gasteiger partial charge on any atom is -0.465 e. The van der Waals surface area contributed by atoms with Crippen molar-refractivity contribution < 1.29 is 14.3 Å². The van der Waals surface area contributed by atoms with Gasteiger partial charge in [0.15, 0.2) is 0 Å². The topological polar surface area (TPSA) is 93.2 Å². The molecule has 24 heavy (non-hydrogen) atoms. The molecule has 1 unspecified atom stereocenters. The Balaban J connectivity index is 2.12. The van der Waals surface area contributed by atoms with Crippen molar-refractivity contribution in [3.05, 3.63) is 47.9 Å². The number of nitrogens with zero attached hydrogens (tertiary/aromatic N) is 2. The first-order valence-corrected chi connectivity index (χ1v) is 7.61. The van der Waals surface area contributed by atoms with Gasteiger partial charge in [-0.2, -0.15) is 0 Å². The van der Waals surface area contributed by atoms with E-state index in [-0.39, 0.29) is 17.6 Å². The van der Waals surface area contributed by atoms with E-state index in [9.17, 15) is 9.59 Å². The Bertz CT molecular complexity index is 733. The van der Waals surface area contributed by atoms with E-state index in [1.54, 1.807) is 30.3 Å². The molecule has 1 heterocycles. The molecule has 1 amide bonds. The summed E-state index contributed by atoms with van der Waals surface area (Å²) in [5.41, 5.74) is 1.08. The van der Waals surface area contributed by atoms with Gasteiger partial charge < -0.3 is 15.4 Å². The number of methoxy groups -OCH3 is 1. The molecule has 0 spiro atoms. The molecule has 7 nitrogen and oxygen atoms in total. The van der Waals surface area contributed by atoms with Crippen LogP contribution in [0.1, 0.15) is 41.1 Å². The molecule has 1 atom stereocenters. The number of anilines is 2. The predicted octanol–water partition coefficient (Wildman–Crippen LogP) is 2.73. The first-order valence-electron chi connectivity index (χ1n) is 7.61. The minimum absolute atomic E-state index is 0.235. The Labute approximate surface area is 140 Å². The molecule has 0 aliphatic heterocycles. The highest BCUT2D eigenvalue weighted by atomic mass is 16.5. The van der Waals surface area contributed by atoms with Crippen molar-refractivity contribution in [3.63, 3.8) is 0 Å². The average molecular weight is 328 g/mol. The third-order valence-corrected chi connectivity index (χ3v) is 3.45. The number of hydrogen-bond acceptors (Lipinski definition) is 6. The lowest BCUT2D eigenvalue weighted by atomic mass is 10.2. The van der Waals surface area contributed by atoms with Gasteiger partial charge in [0.25, 0.3) is 5.91 Å². The lowest BCUT2D eigenvalue weighted by Crippen LogP contribution is -2.18. The zero-order chi connectivity index (χ0) is 17.5. The van der Waals surface area contributed by atoms with Crippen LogP contribution in [0.25, 0.3) is 0 Å². The van der Waals surface area contributed by atoms with Gasteiger partial charge in [-0.1, -0.05) is 13.0 Å². The minimum atomic E-state index is -0.465. The quantitative estimate of drug-likeness (QED) is 0.792. The number of rotatable bonds is 6. The smallest absolute Gasteiger partial charge is 0.337 e. The van der Waals surface area contributed by atoms with E-state index < -0.39 is 5.97 Å². The molecule has 0 aliphatic rings. The zero-order valence-electron chi connectivity index (χ0n) is 13.9. The van der Waals surface area contributed by atoms with Crippen LogP contribution in [0.4, 0.5) is 11.5 Å². The second-order valence-electron chi connectivity index (χ2n) is 5.27. The van der Waals surface area contributed by atoms with Gasteiger partial charge in [0.2, 0.25) is 0 Å².